The molecule has 0 fully saturated rings. The van der Waals surface area contributed by atoms with Crippen LogP contribution in [0.2, 0.25) is 5.02 Å². The summed E-state index contributed by atoms with van der Waals surface area (Å²) < 4.78 is 25.8. The number of carbonyl (C=O) groups is 2. The highest BCUT2D eigenvalue weighted by molar-refractivity contribution is 6.30. The Hall–Kier alpha value is -2.73. The number of hydrogen-bond acceptors (Lipinski definition) is 2. The second-order valence-corrected chi connectivity index (χ2v) is 5.25. The van der Waals surface area contributed by atoms with Crippen molar-refractivity contribution in [3.05, 3.63) is 76.3 Å². The fraction of sp³-hybridized carbons (Fsp3) is 0.0588. The van der Waals surface area contributed by atoms with Crippen molar-refractivity contribution in [2.75, 3.05) is 0 Å². The predicted molar refractivity (Wildman–Crippen MR) is 86.8 cm³/mol. The van der Waals surface area contributed by atoms with Crippen LogP contribution in [0.1, 0.15) is 11.1 Å². The molecule has 0 radical (unpaired) electrons. The molecule has 2 amide bonds. The molecule has 0 heterocycles. The molecule has 4 nitrogen and oxygen atoms in total. The molecular weight excluding hydrogens is 338 g/mol. The number of amides is 2. The minimum Gasteiger partial charge on any atom is -0.273 e. The molecule has 0 bridgehead atoms. The second kappa shape index (κ2) is 8.21. The lowest BCUT2D eigenvalue weighted by atomic mass is 10.1. The zero-order valence-corrected chi connectivity index (χ0v) is 13.1. The summed E-state index contributed by atoms with van der Waals surface area (Å²) in [6.45, 7) is 0. The summed E-state index contributed by atoms with van der Waals surface area (Å²) in [5.74, 6) is -1.96. The predicted octanol–water partition coefficient (Wildman–Crippen LogP) is 3.02. The standard InChI is InChI=1S/C17H13ClF2N2O2/c18-14-9-11(3-7-15(14)20)4-8-16(23)21-22-17(24)10-12-1-5-13(19)6-2-12/h1-9H,10H2,(H,21,23)(H,22,24)/b8-4+. The van der Waals surface area contributed by atoms with E-state index in [1.165, 1.54) is 54.6 Å². The van der Waals surface area contributed by atoms with Crippen molar-refractivity contribution in [1.82, 2.24) is 10.9 Å². The highest BCUT2D eigenvalue weighted by atomic mass is 35.5. The molecule has 2 aromatic rings. The minimum atomic E-state index is -0.567. The minimum absolute atomic E-state index is 0.00214. The lowest BCUT2D eigenvalue weighted by molar-refractivity contribution is -0.126. The molecule has 0 atom stereocenters. The number of halogens is 3. The number of nitrogens with one attached hydrogen (secondary N) is 2. The van der Waals surface area contributed by atoms with Crippen LogP contribution in [0.15, 0.2) is 48.5 Å². The van der Waals surface area contributed by atoms with Crippen LogP contribution >= 0.6 is 11.6 Å². The van der Waals surface area contributed by atoms with E-state index in [0.717, 1.165) is 0 Å². The lowest BCUT2D eigenvalue weighted by Crippen LogP contribution is -2.41. The molecule has 0 saturated carbocycles. The van der Waals surface area contributed by atoms with Gasteiger partial charge in [0.2, 0.25) is 5.91 Å². The van der Waals surface area contributed by atoms with Crippen LogP contribution < -0.4 is 10.9 Å². The summed E-state index contributed by atoms with van der Waals surface area (Å²) in [5.41, 5.74) is 5.58. The third-order valence-electron chi connectivity index (χ3n) is 2.97. The Bertz CT molecular complexity index is 777. The average molecular weight is 351 g/mol. The van der Waals surface area contributed by atoms with E-state index in [4.69, 9.17) is 11.6 Å². The normalized spacial score (nSPS) is 10.6. The van der Waals surface area contributed by atoms with Crippen LogP contribution in [0.5, 0.6) is 0 Å². The molecule has 0 saturated heterocycles. The van der Waals surface area contributed by atoms with Gasteiger partial charge >= 0.3 is 0 Å². The van der Waals surface area contributed by atoms with Gasteiger partial charge in [-0.3, -0.25) is 20.4 Å². The van der Waals surface area contributed by atoms with Crippen molar-refractivity contribution < 1.29 is 18.4 Å². The van der Waals surface area contributed by atoms with E-state index in [1.807, 2.05) is 0 Å². The summed E-state index contributed by atoms with van der Waals surface area (Å²) in [6, 6.07) is 9.47. The van der Waals surface area contributed by atoms with Gasteiger partial charge in [0.05, 0.1) is 11.4 Å². The van der Waals surface area contributed by atoms with E-state index in [2.05, 4.69) is 10.9 Å². The van der Waals surface area contributed by atoms with Gasteiger partial charge < -0.3 is 0 Å². The Balaban J connectivity index is 1.81. The molecule has 0 spiro atoms. The SMILES string of the molecule is O=C(/C=C/c1ccc(F)c(Cl)c1)NNC(=O)Cc1ccc(F)cc1. The maximum Gasteiger partial charge on any atom is 0.262 e. The van der Waals surface area contributed by atoms with Crippen LogP contribution in [-0.4, -0.2) is 11.8 Å². The van der Waals surface area contributed by atoms with Gasteiger partial charge in [0.1, 0.15) is 11.6 Å². The largest absolute Gasteiger partial charge is 0.273 e. The number of hydrogen-bond donors (Lipinski definition) is 2. The van der Waals surface area contributed by atoms with Crippen molar-refractivity contribution in [3.63, 3.8) is 0 Å². The summed E-state index contributed by atoms with van der Waals surface area (Å²) in [6.07, 6.45) is 2.59. The maximum absolute atomic E-state index is 13.0. The summed E-state index contributed by atoms with van der Waals surface area (Å²) in [7, 11) is 0. The lowest BCUT2D eigenvalue weighted by Gasteiger charge is -2.05. The molecular formula is C17H13ClF2N2O2. The van der Waals surface area contributed by atoms with Gasteiger partial charge in [0.25, 0.3) is 5.91 Å². The molecule has 0 aliphatic heterocycles. The van der Waals surface area contributed by atoms with Gasteiger partial charge in [-0.15, -0.1) is 0 Å². The summed E-state index contributed by atoms with van der Waals surface area (Å²) in [5, 5.41) is -0.0508. The quantitative estimate of drug-likeness (QED) is 0.658. The van der Waals surface area contributed by atoms with Crippen molar-refractivity contribution in [2.45, 2.75) is 6.42 Å². The molecule has 7 heteroatoms. The molecule has 124 valence electrons. The second-order valence-electron chi connectivity index (χ2n) is 4.85. The maximum atomic E-state index is 13.0. The third-order valence-corrected chi connectivity index (χ3v) is 3.26. The van der Waals surface area contributed by atoms with E-state index >= 15 is 0 Å². The molecule has 24 heavy (non-hydrogen) atoms. The smallest absolute Gasteiger partial charge is 0.262 e. The summed E-state index contributed by atoms with van der Waals surface area (Å²) in [4.78, 5) is 23.3. The Morgan fingerprint density at radius 1 is 1.04 bits per heavy atom. The molecule has 0 aliphatic carbocycles. The van der Waals surface area contributed by atoms with Gasteiger partial charge in [-0.05, 0) is 41.5 Å². The number of carbonyl (C=O) groups excluding carboxylic acids is 2. The Labute approximate surface area is 142 Å². The van der Waals surface area contributed by atoms with Gasteiger partial charge in [-0.1, -0.05) is 29.8 Å². The van der Waals surface area contributed by atoms with Gasteiger partial charge in [0, 0.05) is 6.08 Å². The number of rotatable bonds is 4. The Morgan fingerprint density at radius 3 is 2.42 bits per heavy atom. The van der Waals surface area contributed by atoms with Crippen molar-refractivity contribution in [2.24, 2.45) is 0 Å². The van der Waals surface area contributed by atoms with E-state index in [0.29, 0.717) is 11.1 Å². The van der Waals surface area contributed by atoms with Gasteiger partial charge in [0.15, 0.2) is 0 Å². The zero-order chi connectivity index (χ0) is 17.5. The molecule has 2 rings (SSSR count). The van der Waals surface area contributed by atoms with E-state index < -0.39 is 23.4 Å². The van der Waals surface area contributed by atoms with E-state index in [-0.39, 0.29) is 11.4 Å². The van der Waals surface area contributed by atoms with Crippen molar-refractivity contribution in [3.8, 4) is 0 Å². The highest BCUT2D eigenvalue weighted by Gasteiger charge is 2.05. The molecule has 0 aromatic heterocycles. The topological polar surface area (TPSA) is 58.2 Å². The fourth-order valence-corrected chi connectivity index (χ4v) is 1.98. The summed E-state index contributed by atoms with van der Waals surface area (Å²) >= 11 is 5.63. The monoisotopic (exact) mass is 350 g/mol. The Morgan fingerprint density at radius 2 is 1.75 bits per heavy atom. The van der Waals surface area contributed by atoms with Crippen LogP contribution in [-0.2, 0) is 16.0 Å². The van der Waals surface area contributed by atoms with Crippen molar-refractivity contribution >= 4 is 29.5 Å². The van der Waals surface area contributed by atoms with E-state index in [1.54, 1.807) is 0 Å². The fourth-order valence-electron chi connectivity index (χ4n) is 1.79. The average Bonchev–Trinajstić information content (AvgIpc) is 2.56. The number of benzene rings is 2. The van der Waals surface area contributed by atoms with Crippen LogP contribution in [0.25, 0.3) is 6.08 Å². The number of hydrazine groups is 1. The first kappa shape index (κ1) is 17.6. The molecule has 2 N–H and O–H groups in total. The molecule has 0 unspecified atom stereocenters. The molecule has 0 aliphatic rings. The third kappa shape index (κ3) is 5.48. The van der Waals surface area contributed by atoms with Crippen LogP contribution in [0, 0.1) is 11.6 Å². The first-order valence-corrected chi connectivity index (χ1v) is 7.28. The first-order valence-electron chi connectivity index (χ1n) is 6.90. The zero-order valence-electron chi connectivity index (χ0n) is 12.4. The Kier molecular flexibility index (Phi) is 6.03. The van der Waals surface area contributed by atoms with E-state index in [9.17, 15) is 18.4 Å². The first-order chi connectivity index (χ1) is 11.4. The molecule has 2 aromatic carbocycles. The van der Waals surface area contributed by atoms with Gasteiger partial charge in [-0.2, -0.15) is 0 Å². The van der Waals surface area contributed by atoms with Crippen LogP contribution in [0.4, 0.5) is 8.78 Å². The highest BCUT2D eigenvalue weighted by Crippen LogP contribution is 2.16. The van der Waals surface area contributed by atoms with Crippen molar-refractivity contribution in [1.29, 1.82) is 0 Å². The van der Waals surface area contributed by atoms with Gasteiger partial charge in [-0.25, -0.2) is 8.78 Å². The van der Waals surface area contributed by atoms with Crippen LogP contribution in [0.3, 0.4) is 0 Å².